The van der Waals surface area contributed by atoms with Crippen LogP contribution in [0.25, 0.3) is 22.6 Å². The summed E-state index contributed by atoms with van der Waals surface area (Å²) >= 11 is 12.1. The van der Waals surface area contributed by atoms with Crippen LogP contribution in [0, 0.1) is 5.41 Å². The Labute approximate surface area is 202 Å². The van der Waals surface area contributed by atoms with Gasteiger partial charge in [0.25, 0.3) is 5.56 Å². The van der Waals surface area contributed by atoms with Crippen LogP contribution in [0.5, 0.6) is 0 Å². The molecular weight excluding hydrogens is 485 g/mol. The molecule has 2 aliphatic rings. The van der Waals surface area contributed by atoms with Crippen LogP contribution in [-0.2, 0) is 25.4 Å². The van der Waals surface area contributed by atoms with E-state index in [-0.39, 0.29) is 23.7 Å². The van der Waals surface area contributed by atoms with Gasteiger partial charge in [0.15, 0.2) is 11.2 Å². The first-order valence-corrected chi connectivity index (χ1v) is 11.3. The largest absolute Gasteiger partial charge is 0.419 e. The number of anilines is 1. The third-order valence-electron chi connectivity index (χ3n) is 6.41. The fraction of sp³-hybridized carbons (Fsp3) is 0.381. The van der Waals surface area contributed by atoms with Crippen molar-refractivity contribution in [2.45, 2.75) is 6.54 Å². The molecule has 5 heterocycles. The highest BCUT2D eigenvalue weighted by molar-refractivity contribution is 6.42. The zero-order valence-corrected chi connectivity index (χ0v) is 19.8. The average Bonchev–Trinajstić information content (AvgIpc) is 3.37. The van der Waals surface area contributed by atoms with Crippen molar-refractivity contribution in [2.24, 2.45) is 19.5 Å². The molecule has 11 nitrogen and oxygen atoms in total. The molecule has 13 heteroatoms. The maximum Gasteiger partial charge on any atom is 0.332 e. The van der Waals surface area contributed by atoms with Crippen molar-refractivity contribution in [1.29, 1.82) is 0 Å². The number of nitrogens with zero attached hydrogens (tertiary/aromatic N) is 7. The van der Waals surface area contributed by atoms with Gasteiger partial charge in [0.05, 0.1) is 28.7 Å². The molecular formula is C21H19Cl2N7O4. The molecule has 0 radical (unpaired) electrons. The van der Waals surface area contributed by atoms with E-state index in [9.17, 15) is 9.59 Å². The molecule has 2 fully saturated rings. The second-order valence-electron chi connectivity index (χ2n) is 8.85. The van der Waals surface area contributed by atoms with Crippen LogP contribution < -0.4 is 16.1 Å². The second kappa shape index (κ2) is 7.42. The quantitative estimate of drug-likeness (QED) is 0.413. The summed E-state index contributed by atoms with van der Waals surface area (Å²) in [6, 6.07) is 5.03. The smallest absolute Gasteiger partial charge is 0.332 e. The van der Waals surface area contributed by atoms with E-state index in [1.54, 1.807) is 29.8 Å². The zero-order chi connectivity index (χ0) is 23.8. The number of hydrogen-bond donors (Lipinski definition) is 0. The molecule has 34 heavy (non-hydrogen) atoms. The van der Waals surface area contributed by atoms with Crippen LogP contribution in [0.1, 0.15) is 5.89 Å². The van der Waals surface area contributed by atoms with Crippen LogP contribution in [0.2, 0.25) is 10.0 Å². The highest BCUT2D eigenvalue weighted by Crippen LogP contribution is 2.40. The standard InChI is InChI=1S/C21H19Cl2N7O4/c1-27-16-15(18(31)28(2)20(27)32)30(19(24-16)29-7-21(8-29)9-33-10-21)6-14-25-26-17(34-14)11-3-4-12(22)13(23)5-11/h3-5H,6-10H2,1-2H3. The minimum Gasteiger partial charge on any atom is -0.419 e. The van der Waals surface area contributed by atoms with Crippen LogP contribution >= 0.6 is 23.2 Å². The molecule has 2 saturated heterocycles. The average molecular weight is 504 g/mol. The minimum atomic E-state index is -0.444. The van der Waals surface area contributed by atoms with Crippen molar-refractivity contribution >= 4 is 40.3 Å². The summed E-state index contributed by atoms with van der Waals surface area (Å²) in [6.07, 6.45) is 0. The topological polar surface area (TPSA) is 113 Å². The maximum atomic E-state index is 13.1. The van der Waals surface area contributed by atoms with E-state index < -0.39 is 11.2 Å². The summed E-state index contributed by atoms with van der Waals surface area (Å²) in [7, 11) is 3.04. The highest BCUT2D eigenvalue weighted by Gasteiger charge is 2.50. The van der Waals surface area contributed by atoms with Crippen molar-refractivity contribution in [3.05, 3.63) is 55.0 Å². The molecule has 0 aliphatic carbocycles. The Morgan fingerprint density at radius 1 is 1.06 bits per heavy atom. The van der Waals surface area contributed by atoms with E-state index in [1.165, 1.54) is 11.6 Å². The molecule has 0 unspecified atom stereocenters. The van der Waals surface area contributed by atoms with Gasteiger partial charge in [-0.2, -0.15) is 4.98 Å². The molecule has 4 aromatic rings. The van der Waals surface area contributed by atoms with Crippen molar-refractivity contribution in [1.82, 2.24) is 28.9 Å². The van der Waals surface area contributed by atoms with Crippen LogP contribution in [0.4, 0.5) is 5.95 Å². The lowest BCUT2D eigenvalue weighted by molar-refractivity contribution is -0.127. The molecule has 176 valence electrons. The minimum absolute atomic E-state index is 0.105. The van der Waals surface area contributed by atoms with Gasteiger partial charge in [-0.05, 0) is 18.2 Å². The van der Waals surface area contributed by atoms with Crippen LogP contribution in [0.3, 0.4) is 0 Å². The third kappa shape index (κ3) is 3.11. The Hall–Kier alpha value is -3.15. The van der Waals surface area contributed by atoms with Gasteiger partial charge < -0.3 is 14.1 Å². The molecule has 0 bridgehead atoms. The van der Waals surface area contributed by atoms with Crippen molar-refractivity contribution in [2.75, 3.05) is 31.2 Å². The molecule has 6 rings (SSSR count). The molecule has 0 atom stereocenters. The molecule has 0 N–H and O–H groups in total. The van der Waals surface area contributed by atoms with Crippen LogP contribution in [0.15, 0.2) is 32.2 Å². The molecule has 0 amide bonds. The monoisotopic (exact) mass is 503 g/mol. The number of aromatic nitrogens is 6. The number of aryl methyl sites for hydroxylation is 1. The predicted molar refractivity (Wildman–Crippen MR) is 125 cm³/mol. The first-order valence-electron chi connectivity index (χ1n) is 10.5. The van der Waals surface area contributed by atoms with Gasteiger partial charge in [0.1, 0.15) is 6.54 Å². The number of hydrogen-bond acceptors (Lipinski definition) is 8. The number of fused-ring (bicyclic) bond motifs is 1. The maximum absolute atomic E-state index is 13.1. The molecule has 2 aliphatic heterocycles. The molecule has 1 spiro atoms. The first kappa shape index (κ1) is 21.4. The number of benzene rings is 1. The Morgan fingerprint density at radius 3 is 2.50 bits per heavy atom. The lowest BCUT2D eigenvalue weighted by atomic mass is 9.78. The summed E-state index contributed by atoms with van der Waals surface area (Å²) < 4.78 is 15.4. The van der Waals surface area contributed by atoms with Gasteiger partial charge in [0.2, 0.25) is 17.7 Å². The lowest BCUT2D eigenvalue weighted by Crippen LogP contribution is -2.66. The van der Waals surface area contributed by atoms with Crippen molar-refractivity contribution < 1.29 is 9.15 Å². The van der Waals surface area contributed by atoms with E-state index in [1.807, 2.05) is 0 Å². The number of rotatable bonds is 4. The number of imidazole rings is 1. The SMILES string of the molecule is Cn1c(=O)c2c(nc(N3CC4(COC4)C3)n2Cc2nnc(-c3ccc(Cl)c(Cl)c3)o2)n(C)c1=O. The van der Waals surface area contributed by atoms with E-state index in [2.05, 4.69) is 20.1 Å². The fourth-order valence-corrected chi connectivity index (χ4v) is 4.80. The molecule has 3 aromatic heterocycles. The van der Waals surface area contributed by atoms with Gasteiger partial charge in [0, 0.05) is 32.7 Å². The summed E-state index contributed by atoms with van der Waals surface area (Å²) in [5.41, 5.74) is 0.463. The van der Waals surface area contributed by atoms with Crippen molar-refractivity contribution in [3.8, 4) is 11.5 Å². The van der Waals surface area contributed by atoms with E-state index in [0.29, 0.717) is 45.9 Å². The predicted octanol–water partition coefficient (Wildman–Crippen LogP) is 1.68. The molecule has 0 saturated carbocycles. The summed E-state index contributed by atoms with van der Waals surface area (Å²) in [5, 5.41) is 9.08. The van der Waals surface area contributed by atoms with E-state index in [0.717, 1.165) is 17.7 Å². The normalized spacial score (nSPS) is 16.8. The first-order chi connectivity index (χ1) is 16.3. The van der Waals surface area contributed by atoms with Crippen LogP contribution in [-0.4, -0.2) is 55.2 Å². The Morgan fingerprint density at radius 2 is 1.82 bits per heavy atom. The Bertz CT molecular complexity index is 1570. The highest BCUT2D eigenvalue weighted by atomic mass is 35.5. The van der Waals surface area contributed by atoms with Gasteiger partial charge >= 0.3 is 5.69 Å². The van der Waals surface area contributed by atoms with Gasteiger partial charge in [-0.25, -0.2) is 4.79 Å². The summed E-state index contributed by atoms with van der Waals surface area (Å²) in [5.74, 6) is 1.12. The Balaban J connectivity index is 1.44. The Kier molecular flexibility index (Phi) is 4.67. The van der Waals surface area contributed by atoms with E-state index in [4.69, 9.17) is 32.4 Å². The summed E-state index contributed by atoms with van der Waals surface area (Å²) in [6.45, 7) is 3.03. The van der Waals surface area contributed by atoms with Gasteiger partial charge in [-0.1, -0.05) is 23.2 Å². The number of ether oxygens (including phenoxy) is 1. The fourth-order valence-electron chi connectivity index (χ4n) is 4.50. The zero-order valence-electron chi connectivity index (χ0n) is 18.3. The second-order valence-corrected chi connectivity index (χ2v) is 9.67. The van der Waals surface area contributed by atoms with Gasteiger partial charge in [-0.15, -0.1) is 10.2 Å². The molecule has 1 aromatic carbocycles. The summed E-state index contributed by atoms with van der Waals surface area (Å²) in [4.78, 5) is 32.3. The number of halogens is 2. The van der Waals surface area contributed by atoms with E-state index >= 15 is 0 Å². The van der Waals surface area contributed by atoms with Gasteiger partial charge in [-0.3, -0.25) is 18.5 Å². The van der Waals surface area contributed by atoms with Crippen molar-refractivity contribution in [3.63, 3.8) is 0 Å². The lowest BCUT2D eigenvalue weighted by Gasteiger charge is -2.55. The third-order valence-corrected chi connectivity index (χ3v) is 7.15.